The summed E-state index contributed by atoms with van der Waals surface area (Å²) in [7, 11) is 1.70. The van der Waals surface area contributed by atoms with Gasteiger partial charge in [-0.25, -0.2) is 0 Å². The lowest BCUT2D eigenvalue weighted by atomic mass is 10.1. The molecule has 0 aliphatic heterocycles. The summed E-state index contributed by atoms with van der Waals surface area (Å²) in [5.41, 5.74) is 2.42. The Morgan fingerprint density at radius 2 is 2.21 bits per heavy atom. The van der Waals surface area contributed by atoms with Crippen LogP contribution in [-0.2, 0) is 13.1 Å². The Morgan fingerprint density at radius 3 is 3.00 bits per heavy atom. The van der Waals surface area contributed by atoms with Gasteiger partial charge >= 0.3 is 0 Å². The molecule has 0 amide bonds. The summed E-state index contributed by atoms with van der Waals surface area (Å²) in [6, 6.07) is 10.3. The van der Waals surface area contributed by atoms with Crippen LogP contribution < -0.4 is 10.1 Å². The van der Waals surface area contributed by atoms with Gasteiger partial charge in [-0.1, -0.05) is 6.07 Å². The van der Waals surface area contributed by atoms with Crippen molar-refractivity contribution >= 4 is 22.2 Å². The fourth-order valence-electron chi connectivity index (χ4n) is 2.16. The minimum Gasteiger partial charge on any atom is -0.497 e. The lowest BCUT2D eigenvalue weighted by molar-refractivity contribution is 0.415. The number of methoxy groups -OCH3 is 1. The van der Waals surface area contributed by atoms with E-state index in [0.29, 0.717) is 0 Å². The molecule has 0 aliphatic rings. The Hall–Kier alpha value is -1.78. The van der Waals surface area contributed by atoms with Crippen LogP contribution in [0.2, 0.25) is 0 Å². The molecule has 0 aliphatic carbocycles. The summed E-state index contributed by atoms with van der Waals surface area (Å²) in [6.45, 7) is 1.76. The molecule has 0 radical (unpaired) electrons. The third-order valence-electron chi connectivity index (χ3n) is 3.17. The van der Waals surface area contributed by atoms with Crippen molar-refractivity contribution in [3.05, 3.63) is 52.3 Å². The number of nitrogens with one attached hydrogen (secondary N) is 2. The number of benzene rings is 1. The zero-order valence-electron chi connectivity index (χ0n) is 10.8. The predicted octanol–water partition coefficient (Wildman–Crippen LogP) is 3.53. The van der Waals surface area contributed by atoms with Crippen molar-refractivity contribution in [1.29, 1.82) is 0 Å². The zero-order chi connectivity index (χ0) is 13.1. The van der Waals surface area contributed by atoms with Gasteiger partial charge in [0.2, 0.25) is 0 Å². The molecule has 3 aromatic rings. The summed E-state index contributed by atoms with van der Waals surface area (Å²) in [5.74, 6) is 0.895. The quantitative estimate of drug-likeness (QED) is 0.745. The second-order valence-electron chi connectivity index (χ2n) is 4.41. The maximum absolute atomic E-state index is 5.28. The number of aromatic amines is 1. The van der Waals surface area contributed by atoms with Gasteiger partial charge in [-0.3, -0.25) is 0 Å². The van der Waals surface area contributed by atoms with Gasteiger partial charge in [-0.05, 0) is 35.2 Å². The molecule has 19 heavy (non-hydrogen) atoms. The third-order valence-corrected chi connectivity index (χ3v) is 4.05. The molecule has 0 bridgehead atoms. The standard InChI is InChI=1S/C15H16N2OS/c1-18-12-4-5-15-14(7-12)11(9-17-15)8-16-10-13-3-2-6-19-13/h2-7,9,16-17H,8,10H2,1H3. The molecule has 4 heteroatoms. The first kappa shape index (κ1) is 12.3. The number of fused-ring (bicyclic) bond motifs is 1. The Bertz CT molecular complexity index is 658. The molecule has 2 heterocycles. The van der Waals surface area contributed by atoms with Gasteiger partial charge in [0.15, 0.2) is 0 Å². The van der Waals surface area contributed by atoms with Crippen molar-refractivity contribution in [1.82, 2.24) is 10.3 Å². The normalized spacial score (nSPS) is 11.0. The molecule has 3 rings (SSSR count). The van der Waals surface area contributed by atoms with Gasteiger partial charge < -0.3 is 15.0 Å². The van der Waals surface area contributed by atoms with Crippen molar-refractivity contribution in [2.75, 3.05) is 7.11 Å². The van der Waals surface area contributed by atoms with Crippen LogP contribution in [0.3, 0.4) is 0 Å². The van der Waals surface area contributed by atoms with Gasteiger partial charge in [-0.15, -0.1) is 11.3 Å². The molecule has 0 spiro atoms. The molecule has 2 N–H and O–H groups in total. The molecule has 0 saturated heterocycles. The van der Waals surface area contributed by atoms with Gasteiger partial charge in [-0.2, -0.15) is 0 Å². The van der Waals surface area contributed by atoms with Crippen LogP contribution in [-0.4, -0.2) is 12.1 Å². The second kappa shape index (κ2) is 5.47. The second-order valence-corrected chi connectivity index (χ2v) is 5.44. The minimum atomic E-state index is 0.852. The van der Waals surface area contributed by atoms with E-state index in [0.717, 1.165) is 24.4 Å². The van der Waals surface area contributed by atoms with E-state index in [1.807, 2.05) is 6.07 Å². The first-order valence-electron chi connectivity index (χ1n) is 6.24. The van der Waals surface area contributed by atoms with Crippen LogP contribution in [0, 0.1) is 0 Å². The fourth-order valence-corrected chi connectivity index (χ4v) is 2.84. The smallest absolute Gasteiger partial charge is 0.119 e. The van der Waals surface area contributed by atoms with E-state index < -0.39 is 0 Å². The number of thiophene rings is 1. The average Bonchev–Trinajstić information content (AvgIpc) is 3.08. The number of hydrogen-bond donors (Lipinski definition) is 2. The molecule has 1 aromatic carbocycles. The SMILES string of the molecule is COc1ccc2[nH]cc(CNCc3cccs3)c2c1. The summed E-state index contributed by atoms with van der Waals surface area (Å²) >= 11 is 1.78. The maximum atomic E-state index is 5.28. The highest BCUT2D eigenvalue weighted by molar-refractivity contribution is 7.09. The van der Waals surface area contributed by atoms with Crippen LogP contribution in [0.25, 0.3) is 10.9 Å². The van der Waals surface area contributed by atoms with Crippen molar-refractivity contribution in [2.45, 2.75) is 13.1 Å². The summed E-state index contributed by atoms with van der Waals surface area (Å²) in [5, 5.41) is 6.79. The Balaban J connectivity index is 1.73. The minimum absolute atomic E-state index is 0.852. The summed E-state index contributed by atoms with van der Waals surface area (Å²) < 4.78 is 5.28. The number of rotatable bonds is 5. The maximum Gasteiger partial charge on any atom is 0.119 e. The van der Waals surface area contributed by atoms with Crippen LogP contribution in [0.5, 0.6) is 5.75 Å². The van der Waals surface area contributed by atoms with E-state index in [-0.39, 0.29) is 0 Å². The lowest BCUT2D eigenvalue weighted by Crippen LogP contribution is -2.11. The van der Waals surface area contributed by atoms with E-state index in [1.54, 1.807) is 18.4 Å². The molecule has 2 aromatic heterocycles. The van der Waals surface area contributed by atoms with E-state index in [2.05, 4.69) is 46.1 Å². The van der Waals surface area contributed by atoms with Crippen LogP contribution in [0.1, 0.15) is 10.4 Å². The van der Waals surface area contributed by atoms with E-state index in [9.17, 15) is 0 Å². The van der Waals surface area contributed by atoms with E-state index >= 15 is 0 Å². The van der Waals surface area contributed by atoms with Crippen molar-refractivity contribution in [3.8, 4) is 5.75 Å². The van der Waals surface area contributed by atoms with Crippen molar-refractivity contribution in [2.24, 2.45) is 0 Å². The molecule has 98 valence electrons. The lowest BCUT2D eigenvalue weighted by Gasteiger charge is -2.03. The van der Waals surface area contributed by atoms with E-state index in [1.165, 1.54) is 15.8 Å². The largest absolute Gasteiger partial charge is 0.497 e. The highest BCUT2D eigenvalue weighted by Gasteiger charge is 2.05. The van der Waals surface area contributed by atoms with Crippen LogP contribution in [0.15, 0.2) is 41.9 Å². The number of hydrogen-bond acceptors (Lipinski definition) is 3. The first-order chi connectivity index (χ1) is 9.36. The Morgan fingerprint density at radius 1 is 1.26 bits per heavy atom. The molecule has 0 fully saturated rings. The van der Waals surface area contributed by atoms with Gasteiger partial charge in [0.05, 0.1) is 7.11 Å². The van der Waals surface area contributed by atoms with Gasteiger partial charge in [0.1, 0.15) is 5.75 Å². The summed E-state index contributed by atoms with van der Waals surface area (Å²) in [4.78, 5) is 4.65. The monoisotopic (exact) mass is 272 g/mol. The van der Waals surface area contributed by atoms with Crippen molar-refractivity contribution < 1.29 is 4.74 Å². The first-order valence-corrected chi connectivity index (χ1v) is 7.12. The molecule has 0 unspecified atom stereocenters. The average molecular weight is 272 g/mol. The number of H-pyrrole nitrogens is 1. The summed E-state index contributed by atoms with van der Waals surface area (Å²) in [6.07, 6.45) is 2.06. The highest BCUT2D eigenvalue weighted by atomic mass is 32.1. The Labute approximate surface area is 116 Å². The van der Waals surface area contributed by atoms with E-state index in [4.69, 9.17) is 4.74 Å². The van der Waals surface area contributed by atoms with Gasteiger partial charge in [0.25, 0.3) is 0 Å². The van der Waals surface area contributed by atoms with Crippen molar-refractivity contribution in [3.63, 3.8) is 0 Å². The molecule has 0 saturated carbocycles. The molecule has 0 atom stereocenters. The third kappa shape index (κ3) is 2.64. The molecular weight excluding hydrogens is 256 g/mol. The molecule has 3 nitrogen and oxygen atoms in total. The number of ether oxygens (including phenoxy) is 1. The zero-order valence-corrected chi connectivity index (χ0v) is 11.6. The van der Waals surface area contributed by atoms with Crippen LogP contribution in [0.4, 0.5) is 0 Å². The predicted molar refractivity (Wildman–Crippen MR) is 79.7 cm³/mol. The number of aromatic nitrogens is 1. The Kier molecular flexibility index (Phi) is 3.53. The fraction of sp³-hybridized carbons (Fsp3) is 0.200. The highest BCUT2D eigenvalue weighted by Crippen LogP contribution is 2.23. The topological polar surface area (TPSA) is 37.0 Å². The van der Waals surface area contributed by atoms with Gasteiger partial charge in [0, 0.05) is 35.1 Å². The van der Waals surface area contributed by atoms with Crippen LogP contribution >= 0.6 is 11.3 Å². The molecular formula is C15H16N2OS.